The first kappa shape index (κ1) is 19.8. The fourth-order valence-corrected chi connectivity index (χ4v) is 5.14. The summed E-state index contributed by atoms with van der Waals surface area (Å²) in [6.45, 7) is 2.32. The van der Waals surface area contributed by atoms with Crippen molar-refractivity contribution in [1.29, 1.82) is 0 Å². The molecule has 29 heavy (non-hydrogen) atoms. The van der Waals surface area contributed by atoms with Gasteiger partial charge >= 0.3 is 0 Å². The number of hydrogen-bond donors (Lipinski definition) is 1. The molecule has 1 aliphatic heterocycles. The number of methoxy groups -OCH3 is 2. The normalized spacial score (nSPS) is 30.1. The molecule has 1 N–H and O–H groups in total. The summed E-state index contributed by atoms with van der Waals surface area (Å²) in [6, 6.07) is 17.1. The highest BCUT2D eigenvalue weighted by atomic mass is 16.6. The van der Waals surface area contributed by atoms with E-state index in [0.717, 1.165) is 24.3 Å². The van der Waals surface area contributed by atoms with Crippen LogP contribution in [0.2, 0.25) is 0 Å². The van der Waals surface area contributed by atoms with Crippen LogP contribution in [0.15, 0.2) is 53.7 Å². The molecule has 0 amide bonds. The molecule has 154 valence electrons. The predicted molar refractivity (Wildman–Crippen MR) is 114 cm³/mol. The molecule has 0 aromatic heterocycles. The van der Waals surface area contributed by atoms with Crippen LogP contribution in [0.3, 0.4) is 0 Å². The minimum Gasteiger partial charge on any atom is -0.497 e. The minimum absolute atomic E-state index is 0.0868. The number of piperidine rings is 1. The largest absolute Gasteiger partial charge is 0.497 e. The second-order valence-corrected chi connectivity index (χ2v) is 8.20. The van der Waals surface area contributed by atoms with E-state index in [1.807, 2.05) is 24.3 Å². The van der Waals surface area contributed by atoms with Crippen LogP contribution in [0, 0.1) is 11.3 Å². The Kier molecular flexibility index (Phi) is 5.50. The average Bonchev–Trinajstić information content (AvgIpc) is 2.75. The van der Waals surface area contributed by atoms with E-state index in [4.69, 9.17) is 14.3 Å². The van der Waals surface area contributed by atoms with Gasteiger partial charge in [0.2, 0.25) is 0 Å². The summed E-state index contributed by atoms with van der Waals surface area (Å²) in [5.41, 5.74) is 3.58. The van der Waals surface area contributed by atoms with E-state index >= 15 is 0 Å². The summed E-state index contributed by atoms with van der Waals surface area (Å²) in [6.07, 6.45) is 3.38. The molecule has 0 radical (unpaired) electrons. The number of nitrogens with one attached hydrogen (secondary N) is 1. The van der Waals surface area contributed by atoms with E-state index in [0.29, 0.717) is 5.92 Å². The molecular formula is C24H30N2O3. The van der Waals surface area contributed by atoms with Gasteiger partial charge in [-0.3, -0.25) is 0 Å². The van der Waals surface area contributed by atoms with E-state index < -0.39 is 0 Å². The lowest BCUT2D eigenvalue weighted by Crippen LogP contribution is -2.56. The third-order valence-electron chi connectivity index (χ3n) is 6.65. The molecule has 2 aliphatic rings. The van der Waals surface area contributed by atoms with Crippen molar-refractivity contribution in [3.63, 3.8) is 0 Å². The Labute approximate surface area is 173 Å². The number of oxime groups is 1. The van der Waals surface area contributed by atoms with Crippen LogP contribution in [0.4, 0.5) is 0 Å². The molecule has 0 spiro atoms. The Balaban J connectivity index is 1.77. The van der Waals surface area contributed by atoms with Crippen LogP contribution >= 0.6 is 0 Å². The third-order valence-corrected chi connectivity index (χ3v) is 6.65. The molecule has 2 aromatic carbocycles. The third kappa shape index (κ3) is 3.48. The molecule has 5 heteroatoms. The average molecular weight is 395 g/mol. The van der Waals surface area contributed by atoms with Gasteiger partial charge in [-0.05, 0) is 48.2 Å². The summed E-state index contributed by atoms with van der Waals surface area (Å²) >= 11 is 0. The fourth-order valence-electron chi connectivity index (χ4n) is 5.14. The smallest absolute Gasteiger partial charge is 0.118 e. The molecule has 1 saturated carbocycles. The van der Waals surface area contributed by atoms with Gasteiger partial charge in [0.05, 0.1) is 19.9 Å². The van der Waals surface area contributed by atoms with Gasteiger partial charge in [-0.15, -0.1) is 0 Å². The zero-order valence-corrected chi connectivity index (χ0v) is 17.6. The summed E-state index contributed by atoms with van der Waals surface area (Å²) < 4.78 is 10.7. The van der Waals surface area contributed by atoms with Crippen molar-refractivity contribution in [3.8, 4) is 11.5 Å². The Morgan fingerprint density at radius 3 is 2.03 bits per heavy atom. The van der Waals surface area contributed by atoms with Gasteiger partial charge in [0.25, 0.3) is 0 Å². The minimum atomic E-state index is -0.0868. The van der Waals surface area contributed by atoms with Crippen molar-refractivity contribution in [1.82, 2.24) is 5.32 Å². The standard InChI is InChI=1S/C24H30N2O3/c1-24-15-5-6-20(23(24)26-29-4)21(16-7-11-18(27-2)12-8-16)25-22(24)17-9-13-19(28-3)14-10-17/h7-14,20-22,25H,5-6,15H2,1-4H3/b26-23+. The van der Waals surface area contributed by atoms with Gasteiger partial charge in [0.15, 0.2) is 0 Å². The van der Waals surface area contributed by atoms with E-state index in [-0.39, 0.29) is 17.5 Å². The maximum atomic E-state index is 5.36. The Bertz CT molecular complexity index is 863. The van der Waals surface area contributed by atoms with Crippen LogP contribution in [0.5, 0.6) is 11.5 Å². The first-order valence-corrected chi connectivity index (χ1v) is 10.3. The highest BCUT2D eigenvalue weighted by molar-refractivity contribution is 5.94. The van der Waals surface area contributed by atoms with Crippen LogP contribution in [0.25, 0.3) is 0 Å². The van der Waals surface area contributed by atoms with Crippen molar-refractivity contribution in [3.05, 3.63) is 59.7 Å². The number of rotatable bonds is 5. The Morgan fingerprint density at radius 2 is 1.48 bits per heavy atom. The van der Waals surface area contributed by atoms with Crippen LogP contribution in [-0.4, -0.2) is 27.0 Å². The summed E-state index contributed by atoms with van der Waals surface area (Å²) in [5, 5.41) is 8.56. The highest BCUT2D eigenvalue weighted by Crippen LogP contribution is 2.53. The van der Waals surface area contributed by atoms with Crippen molar-refractivity contribution in [2.75, 3.05) is 21.3 Å². The summed E-state index contributed by atoms with van der Waals surface area (Å²) in [5.74, 6) is 2.06. The zero-order chi connectivity index (χ0) is 20.4. The fraction of sp³-hybridized carbons (Fsp3) is 0.458. The topological polar surface area (TPSA) is 52.1 Å². The number of benzene rings is 2. The molecule has 5 nitrogen and oxygen atoms in total. The number of hydrogen-bond acceptors (Lipinski definition) is 5. The van der Waals surface area contributed by atoms with Crippen molar-refractivity contribution in [2.45, 2.75) is 38.3 Å². The van der Waals surface area contributed by atoms with Crippen molar-refractivity contribution >= 4 is 5.71 Å². The van der Waals surface area contributed by atoms with E-state index in [1.165, 1.54) is 23.3 Å². The monoisotopic (exact) mass is 394 g/mol. The van der Waals surface area contributed by atoms with Gasteiger partial charge in [-0.25, -0.2) is 0 Å². The quantitative estimate of drug-likeness (QED) is 0.733. The van der Waals surface area contributed by atoms with Gasteiger partial charge in [0.1, 0.15) is 18.6 Å². The van der Waals surface area contributed by atoms with E-state index in [9.17, 15) is 0 Å². The van der Waals surface area contributed by atoms with Crippen LogP contribution < -0.4 is 14.8 Å². The van der Waals surface area contributed by atoms with Crippen molar-refractivity contribution < 1.29 is 14.3 Å². The molecular weight excluding hydrogens is 364 g/mol. The lowest BCUT2D eigenvalue weighted by molar-refractivity contribution is 0.135. The molecule has 1 heterocycles. The van der Waals surface area contributed by atoms with Gasteiger partial charge in [0, 0.05) is 23.4 Å². The Morgan fingerprint density at radius 1 is 0.897 bits per heavy atom. The maximum absolute atomic E-state index is 5.36. The van der Waals surface area contributed by atoms with Gasteiger partial charge in [-0.1, -0.05) is 42.8 Å². The molecule has 4 unspecified atom stereocenters. The molecule has 2 fully saturated rings. The Hall–Kier alpha value is -2.53. The lowest BCUT2D eigenvalue weighted by Gasteiger charge is -2.53. The van der Waals surface area contributed by atoms with E-state index in [2.05, 4.69) is 41.7 Å². The number of ether oxygens (including phenoxy) is 2. The molecule has 4 rings (SSSR count). The molecule has 1 saturated heterocycles. The second-order valence-electron chi connectivity index (χ2n) is 8.20. The SMILES string of the molecule is CO/N=C1\C2CCCC1(C)C(c1ccc(OC)cc1)NC2c1ccc(OC)cc1. The number of fused-ring (bicyclic) bond motifs is 2. The molecule has 2 aromatic rings. The molecule has 4 atom stereocenters. The van der Waals surface area contributed by atoms with Crippen LogP contribution in [-0.2, 0) is 4.84 Å². The summed E-state index contributed by atoms with van der Waals surface area (Å²) in [4.78, 5) is 5.34. The van der Waals surface area contributed by atoms with Gasteiger partial charge < -0.3 is 19.6 Å². The van der Waals surface area contributed by atoms with Crippen LogP contribution in [0.1, 0.15) is 49.4 Å². The molecule has 2 bridgehead atoms. The molecule has 1 aliphatic carbocycles. The predicted octanol–water partition coefficient (Wildman–Crippen LogP) is 4.90. The number of nitrogens with zero attached hydrogens (tertiary/aromatic N) is 1. The second kappa shape index (κ2) is 8.07. The highest BCUT2D eigenvalue weighted by Gasteiger charge is 2.53. The zero-order valence-electron chi connectivity index (χ0n) is 17.6. The first-order chi connectivity index (χ1) is 14.1. The van der Waals surface area contributed by atoms with Gasteiger partial charge in [-0.2, -0.15) is 0 Å². The lowest BCUT2D eigenvalue weighted by atomic mass is 9.58. The summed E-state index contributed by atoms with van der Waals surface area (Å²) in [7, 11) is 5.05. The first-order valence-electron chi connectivity index (χ1n) is 10.3. The maximum Gasteiger partial charge on any atom is 0.118 e. The van der Waals surface area contributed by atoms with Crippen molar-refractivity contribution in [2.24, 2.45) is 16.5 Å². The van der Waals surface area contributed by atoms with E-state index in [1.54, 1.807) is 21.3 Å².